The van der Waals surface area contributed by atoms with Crippen LogP contribution in [0, 0.1) is 24.3 Å². The van der Waals surface area contributed by atoms with Crippen molar-refractivity contribution in [3.63, 3.8) is 0 Å². The first kappa shape index (κ1) is 58.3. The third-order valence-electron chi connectivity index (χ3n) is 10.8. The van der Waals surface area contributed by atoms with Crippen LogP contribution in [0.4, 0.5) is 0 Å². The van der Waals surface area contributed by atoms with E-state index in [1.807, 2.05) is 24.3 Å². The van der Waals surface area contributed by atoms with E-state index in [2.05, 4.69) is 247 Å². The maximum atomic E-state index is 3.29. The number of benzene rings is 6. The molecule has 0 fully saturated rings. The molecule has 0 radical (unpaired) electrons. The molecule has 0 atom stereocenters. The summed E-state index contributed by atoms with van der Waals surface area (Å²) in [4.78, 5) is 0. The molecule has 0 N–H and O–H groups in total. The Labute approximate surface area is 451 Å². The number of hydrogen-bond acceptors (Lipinski definition) is 0. The molecule has 0 bridgehead atoms. The second kappa shape index (κ2) is 32.7. The molecular formula is C62H60Cl2Hf2Si2-2. The molecule has 0 spiro atoms. The first-order valence-corrected chi connectivity index (χ1v) is 37.4. The molecule has 0 aliphatic heterocycles. The van der Waals surface area contributed by atoms with Crippen molar-refractivity contribution in [2.24, 2.45) is 0 Å². The van der Waals surface area contributed by atoms with Gasteiger partial charge in [-0.3, -0.25) is 24.3 Å². The van der Waals surface area contributed by atoms with E-state index in [0.29, 0.717) is 0 Å². The van der Waals surface area contributed by atoms with Crippen molar-refractivity contribution >= 4 is 43.7 Å². The number of rotatable bonds is 6. The van der Waals surface area contributed by atoms with Crippen molar-refractivity contribution in [3.05, 3.63) is 275 Å². The molecule has 340 valence electrons. The second-order valence-electron chi connectivity index (χ2n) is 16.3. The third kappa shape index (κ3) is 21.3. The molecule has 68 heavy (non-hydrogen) atoms. The zero-order chi connectivity index (χ0) is 46.9. The van der Waals surface area contributed by atoms with Crippen molar-refractivity contribution in [2.45, 2.75) is 66.5 Å². The van der Waals surface area contributed by atoms with Gasteiger partial charge in [0.1, 0.15) is 0 Å². The van der Waals surface area contributed by atoms with Crippen molar-refractivity contribution in [2.75, 3.05) is 0 Å². The minimum Gasteiger partial charge on any atom is -1.00 e. The van der Waals surface area contributed by atoms with Gasteiger partial charge in [0.2, 0.25) is 0 Å². The van der Waals surface area contributed by atoms with Gasteiger partial charge < -0.3 is 24.8 Å². The molecule has 0 saturated heterocycles. The van der Waals surface area contributed by atoms with Crippen molar-refractivity contribution < 1.29 is 70.8 Å². The van der Waals surface area contributed by atoms with Crippen LogP contribution < -0.4 is 35.2 Å². The van der Waals surface area contributed by atoms with Gasteiger partial charge >= 0.3 is 141 Å². The summed E-state index contributed by atoms with van der Waals surface area (Å²) in [6.07, 6.45) is 25.9. The van der Waals surface area contributed by atoms with E-state index in [1.165, 1.54) is 113 Å². The minimum atomic E-state index is -0.0733. The SMILES string of the molecule is CC1=[C-]CC(c2ccccc2)=C1.CC1=[C-]CC(c2ccccc2)=C1.CC1=[C-]CC(c2ccccc2)=C1.CC1=[C-]CC(c2ccccc2)=C1.C[Si](=[Hf+2])c1ccccc1.C[Si](=[Hf+2])c1ccccc1.[Cl-].[Cl-]. The van der Waals surface area contributed by atoms with Gasteiger partial charge in [-0.1, -0.05) is 149 Å². The summed E-state index contributed by atoms with van der Waals surface area (Å²) in [6, 6.07) is 63.5. The number of hydrogen-bond donors (Lipinski definition) is 0. The van der Waals surface area contributed by atoms with Gasteiger partial charge in [0, 0.05) is 0 Å². The molecular weight excluding hydrogens is 1230 g/mol. The van der Waals surface area contributed by atoms with Crippen LogP contribution in [0.5, 0.6) is 0 Å². The fraction of sp³-hybridized carbons (Fsp3) is 0.161. The average molecular weight is 1290 g/mol. The molecule has 0 aromatic heterocycles. The van der Waals surface area contributed by atoms with E-state index < -0.39 is 0 Å². The minimum absolute atomic E-state index is 0. The number of halogens is 2. The maximum absolute atomic E-state index is 3.29. The summed E-state index contributed by atoms with van der Waals surface area (Å²) in [5.41, 5.74) is 15.7. The van der Waals surface area contributed by atoms with Crippen molar-refractivity contribution in [3.8, 4) is 0 Å². The summed E-state index contributed by atoms with van der Waals surface area (Å²) in [5, 5.41) is 3.16. The van der Waals surface area contributed by atoms with Gasteiger partial charge in [0.15, 0.2) is 0 Å². The molecule has 0 unspecified atom stereocenters. The van der Waals surface area contributed by atoms with Crippen LogP contribution >= 0.6 is 0 Å². The monoisotopic (exact) mass is 1290 g/mol. The molecule has 6 aromatic rings. The summed E-state index contributed by atoms with van der Waals surface area (Å²) >= 11 is 2.72. The van der Waals surface area contributed by atoms with Crippen LogP contribution in [0.15, 0.2) is 229 Å². The Morgan fingerprint density at radius 3 is 0.618 bits per heavy atom. The topological polar surface area (TPSA) is 0 Å². The predicted octanol–water partition coefficient (Wildman–Crippen LogP) is 9.02. The Balaban J connectivity index is 0.000000216. The van der Waals surface area contributed by atoms with E-state index in [1.54, 1.807) is 10.4 Å². The van der Waals surface area contributed by atoms with Crippen molar-refractivity contribution in [1.82, 2.24) is 0 Å². The summed E-state index contributed by atoms with van der Waals surface area (Å²) in [5.74, 6) is 0. The molecule has 6 heteroatoms. The van der Waals surface area contributed by atoms with E-state index in [0.717, 1.165) is 25.7 Å². The molecule has 4 aliphatic rings. The predicted molar refractivity (Wildman–Crippen MR) is 281 cm³/mol. The fourth-order valence-electron chi connectivity index (χ4n) is 7.12. The van der Waals surface area contributed by atoms with Gasteiger partial charge in [0.05, 0.1) is 0 Å². The van der Waals surface area contributed by atoms with Crippen LogP contribution in [-0.4, -0.2) is 11.0 Å². The maximum Gasteiger partial charge on any atom is -1.00 e. The molecule has 0 saturated carbocycles. The molecule has 0 nitrogen and oxygen atoms in total. The zero-order valence-corrected chi connectivity index (χ0v) is 50.9. The van der Waals surface area contributed by atoms with Gasteiger partial charge in [-0.05, 0) is 22.3 Å². The van der Waals surface area contributed by atoms with Gasteiger partial charge in [-0.15, -0.1) is 48.0 Å². The first-order chi connectivity index (χ1) is 32.0. The first-order valence-electron chi connectivity index (χ1n) is 22.6. The van der Waals surface area contributed by atoms with Crippen molar-refractivity contribution in [1.29, 1.82) is 0 Å². The Bertz CT molecular complexity index is 2400. The Morgan fingerprint density at radius 1 is 0.309 bits per heavy atom. The van der Waals surface area contributed by atoms with Gasteiger partial charge in [-0.25, -0.2) is 46.6 Å². The molecule has 0 amide bonds. The second-order valence-corrected chi connectivity index (χ2v) is 36.1. The van der Waals surface area contributed by atoms with E-state index in [4.69, 9.17) is 0 Å². The van der Waals surface area contributed by atoms with Gasteiger partial charge in [-0.2, -0.15) is 0 Å². The van der Waals surface area contributed by atoms with Crippen LogP contribution in [0.3, 0.4) is 0 Å². The molecule has 0 heterocycles. The fourth-order valence-corrected chi connectivity index (χ4v) is 12.1. The van der Waals surface area contributed by atoms with E-state index >= 15 is 0 Å². The standard InChI is InChI=1S/4C12H11.2C7H8Si.2ClH.2Hf/c4*1-10-7-8-12(9-10)11-5-3-2-4-6-11;2*1-8-7-5-3-2-4-6-7;;;;/h4*2-6,9H,8H2,1H3;2*2-6H,1H3;2*1H;;/q4*-1;;;;;2*+2/p-2. The van der Waals surface area contributed by atoms with Gasteiger partial charge in [0.25, 0.3) is 0 Å². The van der Waals surface area contributed by atoms with Crippen LogP contribution in [-0.2, 0) is 46.0 Å². The third-order valence-corrected chi connectivity index (χ3v) is 19.4. The largest absolute Gasteiger partial charge is 1.00 e. The Morgan fingerprint density at radius 2 is 0.485 bits per heavy atom. The Kier molecular flexibility index (Phi) is 28.1. The molecule has 6 aromatic carbocycles. The molecule has 4 aliphatic carbocycles. The van der Waals surface area contributed by atoms with Crippen LogP contribution in [0.2, 0.25) is 13.1 Å². The smallest absolute Gasteiger partial charge is 1.00 e. The summed E-state index contributed by atoms with van der Waals surface area (Å²) in [6.45, 7) is 13.1. The summed E-state index contributed by atoms with van der Waals surface area (Å²) in [7, 11) is 0. The summed E-state index contributed by atoms with van der Waals surface area (Å²) < 4.78 is 0. The zero-order valence-electron chi connectivity index (χ0n) is 40.2. The number of allylic oxidation sites excluding steroid dienone is 16. The Hall–Kier alpha value is -4.01. The van der Waals surface area contributed by atoms with E-state index in [9.17, 15) is 0 Å². The van der Waals surface area contributed by atoms with Crippen LogP contribution in [0.25, 0.3) is 22.3 Å². The quantitative estimate of drug-likeness (QED) is 0.116. The van der Waals surface area contributed by atoms with Crippen LogP contribution in [0.1, 0.15) is 75.6 Å². The average Bonchev–Trinajstić information content (AvgIpc) is 4.21. The van der Waals surface area contributed by atoms with E-state index in [-0.39, 0.29) is 35.8 Å². The normalized spacial score (nSPS) is 13.6. The molecule has 10 rings (SSSR count).